The molecular weight excluding hydrogens is 490 g/mol. The minimum Gasteiger partial charge on any atom is -0.333 e. The Hall–Kier alpha value is -2.47. The average Bonchev–Trinajstić information content (AvgIpc) is 3.37. The number of carbonyl (C=O) groups excluding carboxylic acids is 1. The summed E-state index contributed by atoms with van der Waals surface area (Å²) in [4.78, 5) is 34.0. The normalized spacial score (nSPS) is 15.0. The van der Waals surface area contributed by atoms with Gasteiger partial charge >= 0.3 is 0 Å². The second-order valence-corrected chi connectivity index (χ2v) is 10.3. The molecule has 180 valence electrons. The van der Waals surface area contributed by atoms with Crippen molar-refractivity contribution in [2.45, 2.75) is 71.3 Å². The Bertz CT molecular complexity index is 1180. The first-order chi connectivity index (χ1) is 16.5. The van der Waals surface area contributed by atoms with Crippen LogP contribution in [-0.2, 0) is 4.79 Å². The number of rotatable bonds is 9. The Kier molecular flexibility index (Phi) is 8.19. The molecule has 3 aromatic rings. The van der Waals surface area contributed by atoms with Crippen molar-refractivity contribution in [2.24, 2.45) is 5.92 Å². The Morgan fingerprint density at radius 1 is 1.15 bits per heavy atom. The summed E-state index contributed by atoms with van der Waals surface area (Å²) in [7, 11) is 0. The SMILES string of the molecule is CCCCN(C(=O)CCC1CCCC1)C(C)c1nc2ccccc2c(=O)n1-c1ccc(Br)cc1. The van der Waals surface area contributed by atoms with Gasteiger partial charge in [0.1, 0.15) is 5.82 Å². The van der Waals surface area contributed by atoms with E-state index in [-0.39, 0.29) is 17.5 Å². The zero-order valence-corrected chi connectivity index (χ0v) is 21.8. The van der Waals surface area contributed by atoms with Crippen molar-refractivity contribution in [3.8, 4) is 5.69 Å². The molecule has 0 saturated heterocycles. The van der Waals surface area contributed by atoms with Gasteiger partial charge in [-0.25, -0.2) is 4.98 Å². The van der Waals surface area contributed by atoms with Crippen LogP contribution in [0.4, 0.5) is 0 Å². The lowest BCUT2D eigenvalue weighted by Crippen LogP contribution is -2.38. The van der Waals surface area contributed by atoms with Crippen molar-refractivity contribution in [3.63, 3.8) is 0 Å². The average molecular weight is 525 g/mol. The lowest BCUT2D eigenvalue weighted by molar-refractivity contribution is -0.134. The predicted molar refractivity (Wildman–Crippen MR) is 141 cm³/mol. The number of benzene rings is 2. The Labute approximate surface area is 210 Å². The molecule has 1 heterocycles. The van der Waals surface area contributed by atoms with Crippen LogP contribution in [0.15, 0.2) is 57.8 Å². The van der Waals surface area contributed by atoms with E-state index in [2.05, 4.69) is 22.9 Å². The summed E-state index contributed by atoms with van der Waals surface area (Å²) >= 11 is 3.48. The van der Waals surface area contributed by atoms with Gasteiger partial charge in [-0.3, -0.25) is 14.2 Å². The van der Waals surface area contributed by atoms with Gasteiger partial charge in [-0.15, -0.1) is 0 Å². The first-order valence-corrected chi connectivity index (χ1v) is 13.4. The standard InChI is InChI=1S/C28H34BrN3O2/c1-3-4-19-31(26(33)18-13-21-9-5-6-10-21)20(2)27-30-25-12-8-7-11-24(25)28(34)32(27)23-16-14-22(29)15-17-23/h7-8,11-12,14-17,20-21H,3-6,9-10,13,18-19H2,1-2H3. The number of para-hydroxylation sites is 1. The van der Waals surface area contributed by atoms with Gasteiger partial charge in [0.05, 0.1) is 22.6 Å². The molecule has 0 bridgehead atoms. The molecule has 1 saturated carbocycles. The number of unbranched alkanes of at least 4 members (excludes halogenated alkanes) is 1. The number of halogens is 1. The lowest BCUT2D eigenvalue weighted by Gasteiger charge is -2.31. The topological polar surface area (TPSA) is 55.2 Å². The smallest absolute Gasteiger partial charge is 0.266 e. The summed E-state index contributed by atoms with van der Waals surface area (Å²) < 4.78 is 2.63. The molecule has 1 atom stereocenters. The molecule has 1 aromatic heterocycles. The van der Waals surface area contributed by atoms with Crippen molar-refractivity contribution < 1.29 is 4.79 Å². The monoisotopic (exact) mass is 523 g/mol. The molecule has 1 unspecified atom stereocenters. The number of carbonyl (C=O) groups is 1. The van der Waals surface area contributed by atoms with Crippen molar-refractivity contribution >= 4 is 32.7 Å². The van der Waals surface area contributed by atoms with Gasteiger partial charge in [-0.2, -0.15) is 0 Å². The second kappa shape index (κ2) is 11.3. The first-order valence-electron chi connectivity index (χ1n) is 12.6. The minimum atomic E-state index is -0.316. The summed E-state index contributed by atoms with van der Waals surface area (Å²) in [6, 6.07) is 14.8. The highest BCUT2D eigenvalue weighted by atomic mass is 79.9. The van der Waals surface area contributed by atoms with Crippen LogP contribution in [0.25, 0.3) is 16.6 Å². The highest BCUT2D eigenvalue weighted by Gasteiger charge is 2.27. The van der Waals surface area contributed by atoms with E-state index in [1.807, 2.05) is 60.4 Å². The van der Waals surface area contributed by atoms with Crippen LogP contribution in [0.1, 0.15) is 77.1 Å². The molecule has 0 radical (unpaired) electrons. The van der Waals surface area contributed by atoms with E-state index >= 15 is 0 Å². The quantitative estimate of drug-likeness (QED) is 0.309. The number of amides is 1. The van der Waals surface area contributed by atoms with Crippen molar-refractivity contribution in [3.05, 3.63) is 69.2 Å². The van der Waals surface area contributed by atoms with E-state index in [0.29, 0.717) is 35.6 Å². The highest BCUT2D eigenvalue weighted by molar-refractivity contribution is 9.10. The Balaban J connectivity index is 1.75. The Morgan fingerprint density at radius 2 is 1.85 bits per heavy atom. The maximum atomic E-state index is 13.7. The van der Waals surface area contributed by atoms with Crippen LogP contribution < -0.4 is 5.56 Å². The largest absolute Gasteiger partial charge is 0.333 e. The molecule has 34 heavy (non-hydrogen) atoms. The summed E-state index contributed by atoms with van der Waals surface area (Å²) in [5.74, 6) is 1.45. The third kappa shape index (κ3) is 5.43. The highest BCUT2D eigenvalue weighted by Crippen LogP contribution is 2.30. The van der Waals surface area contributed by atoms with Gasteiger partial charge < -0.3 is 4.90 Å². The van der Waals surface area contributed by atoms with Crippen molar-refractivity contribution in [2.75, 3.05) is 6.54 Å². The predicted octanol–water partition coefficient (Wildman–Crippen LogP) is 6.81. The van der Waals surface area contributed by atoms with Gasteiger partial charge in [-0.05, 0) is 62.1 Å². The van der Waals surface area contributed by atoms with Gasteiger partial charge in [0.15, 0.2) is 0 Å². The number of aromatic nitrogens is 2. The van der Waals surface area contributed by atoms with E-state index in [1.54, 1.807) is 4.57 Å². The van der Waals surface area contributed by atoms with Crippen LogP contribution in [0.3, 0.4) is 0 Å². The molecular formula is C28H34BrN3O2. The molecule has 2 aromatic carbocycles. The van der Waals surface area contributed by atoms with E-state index < -0.39 is 0 Å². The van der Waals surface area contributed by atoms with E-state index in [1.165, 1.54) is 25.7 Å². The molecule has 1 amide bonds. The molecule has 1 aliphatic rings. The van der Waals surface area contributed by atoms with Gasteiger partial charge in [-0.1, -0.05) is 67.1 Å². The molecule has 1 aliphatic carbocycles. The van der Waals surface area contributed by atoms with Crippen LogP contribution in [-0.4, -0.2) is 26.9 Å². The molecule has 0 N–H and O–H groups in total. The van der Waals surface area contributed by atoms with Gasteiger partial charge in [0.25, 0.3) is 5.56 Å². The van der Waals surface area contributed by atoms with Crippen LogP contribution in [0.2, 0.25) is 0 Å². The van der Waals surface area contributed by atoms with Gasteiger partial charge in [0.2, 0.25) is 5.91 Å². The molecule has 1 fully saturated rings. The van der Waals surface area contributed by atoms with E-state index in [9.17, 15) is 9.59 Å². The van der Waals surface area contributed by atoms with E-state index in [4.69, 9.17) is 4.98 Å². The summed E-state index contributed by atoms with van der Waals surface area (Å²) in [5, 5.41) is 0.578. The van der Waals surface area contributed by atoms with E-state index in [0.717, 1.165) is 29.4 Å². The lowest BCUT2D eigenvalue weighted by atomic mass is 10.0. The summed E-state index contributed by atoms with van der Waals surface area (Å²) in [5.41, 5.74) is 1.31. The minimum absolute atomic E-state index is 0.108. The van der Waals surface area contributed by atoms with Crippen molar-refractivity contribution in [1.82, 2.24) is 14.5 Å². The summed E-state index contributed by atoms with van der Waals surface area (Å²) in [6.45, 7) is 4.82. The third-order valence-corrected chi connectivity index (χ3v) is 7.57. The van der Waals surface area contributed by atoms with Crippen LogP contribution >= 0.6 is 15.9 Å². The Morgan fingerprint density at radius 3 is 2.56 bits per heavy atom. The molecule has 5 nitrogen and oxygen atoms in total. The molecule has 0 aliphatic heterocycles. The number of fused-ring (bicyclic) bond motifs is 1. The molecule has 4 rings (SSSR count). The fourth-order valence-corrected chi connectivity index (χ4v) is 5.31. The fraction of sp³-hybridized carbons (Fsp3) is 0.464. The maximum absolute atomic E-state index is 13.7. The molecule has 6 heteroatoms. The zero-order valence-electron chi connectivity index (χ0n) is 20.2. The van der Waals surface area contributed by atoms with Crippen molar-refractivity contribution in [1.29, 1.82) is 0 Å². The second-order valence-electron chi connectivity index (χ2n) is 9.41. The number of hydrogen-bond acceptors (Lipinski definition) is 3. The maximum Gasteiger partial charge on any atom is 0.266 e. The number of hydrogen-bond donors (Lipinski definition) is 0. The zero-order chi connectivity index (χ0) is 24.1. The third-order valence-electron chi connectivity index (χ3n) is 7.04. The first kappa shape index (κ1) is 24.6. The van der Waals surface area contributed by atoms with Crippen LogP contribution in [0, 0.1) is 5.92 Å². The van der Waals surface area contributed by atoms with Crippen LogP contribution in [0.5, 0.6) is 0 Å². The fourth-order valence-electron chi connectivity index (χ4n) is 5.04. The molecule has 0 spiro atoms. The van der Waals surface area contributed by atoms with Gasteiger partial charge in [0, 0.05) is 17.4 Å². The summed E-state index contributed by atoms with van der Waals surface area (Å²) in [6.07, 6.45) is 8.51. The number of nitrogens with zero attached hydrogens (tertiary/aromatic N) is 3.